The van der Waals surface area contributed by atoms with Crippen molar-refractivity contribution in [1.82, 2.24) is 4.90 Å². The minimum atomic E-state index is -0.417. The van der Waals surface area contributed by atoms with E-state index in [1.165, 1.54) is 0 Å². The predicted molar refractivity (Wildman–Crippen MR) is 106 cm³/mol. The molecule has 2 aliphatic heterocycles. The molecule has 0 aromatic heterocycles. The lowest BCUT2D eigenvalue weighted by Gasteiger charge is -2.32. The van der Waals surface area contributed by atoms with Crippen LogP contribution in [0.3, 0.4) is 0 Å². The molecule has 5 nitrogen and oxygen atoms in total. The maximum Gasteiger partial charge on any atom is 0.495 e. The Kier molecular flexibility index (Phi) is 4.53. The molecule has 0 unspecified atom stereocenters. The fourth-order valence-electron chi connectivity index (χ4n) is 3.57. The molecule has 0 radical (unpaired) electrons. The molecule has 2 aromatic rings. The van der Waals surface area contributed by atoms with E-state index in [0.717, 1.165) is 16.2 Å². The number of benzene rings is 2. The average Bonchev–Trinajstić information content (AvgIpc) is 2.88. The predicted octanol–water partition coefficient (Wildman–Crippen LogP) is 2.61. The van der Waals surface area contributed by atoms with Crippen LogP contribution in [0.1, 0.15) is 38.1 Å². The summed E-state index contributed by atoms with van der Waals surface area (Å²) in [4.78, 5) is 14.6. The van der Waals surface area contributed by atoms with Crippen molar-refractivity contribution in [2.45, 2.75) is 38.9 Å². The molecule has 0 bridgehead atoms. The molecule has 0 atom stereocenters. The van der Waals surface area contributed by atoms with E-state index in [0.29, 0.717) is 31.9 Å². The monoisotopic (exact) mass is 367 g/mol. The molecule has 4 rings (SSSR count). The molecule has 2 heterocycles. The summed E-state index contributed by atoms with van der Waals surface area (Å²) >= 11 is 0. The van der Waals surface area contributed by atoms with Crippen LogP contribution >= 0.6 is 0 Å². The Morgan fingerprint density at radius 3 is 2.33 bits per heavy atom. The Hall–Kier alpha value is -1.89. The van der Waals surface area contributed by atoms with Crippen molar-refractivity contribution in [2.75, 3.05) is 26.3 Å². The third kappa shape index (κ3) is 3.26. The minimum absolute atomic E-state index is 0.0567. The quantitative estimate of drug-likeness (QED) is 0.766. The zero-order chi connectivity index (χ0) is 19.2. The summed E-state index contributed by atoms with van der Waals surface area (Å²) < 4.78 is 17.8. The second kappa shape index (κ2) is 6.62. The summed E-state index contributed by atoms with van der Waals surface area (Å²) in [5, 5.41) is 2.07. The van der Waals surface area contributed by atoms with Crippen LogP contribution in [-0.2, 0) is 14.0 Å². The first-order valence-electron chi connectivity index (χ1n) is 9.54. The second-order valence-electron chi connectivity index (χ2n) is 8.28. The van der Waals surface area contributed by atoms with Gasteiger partial charge in [-0.05, 0) is 56.1 Å². The first-order chi connectivity index (χ1) is 12.8. The minimum Gasteiger partial charge on any atom is -0.399 e. The summed E-state index contributed by atoms with van der Waals surface area (Å²) in [6.07, 6.45) is 0. The highest BCUT2D eigenvalue weighted by Crippen LogP contribution is 2.37. The van der Waals surface area contributed by atoms with E-state index in [2.05, 4.69) is 27.7 Å². The van der Waals surface area contributed by atoms with Gasteiger partial charge in [0.25, 0.3) is 5.91 Å². The fraction of sp³-hybridized carbons (Fsp3) is 0.476. The topological polar surface area (TPSA) is 48.0 Å². The Labute approximate surface area is 160 Å². The first kappa shape index (κ1) is 18.5. The van der Waals surface area contributed by atoms with Crippen LogP contribution in [0.2, 0.25) is 0 Å². The van der Waals surface area contributed by atoms with E-state index < -0.39 is 7.12 Å². The highest BCUT2D eigenvalue weighted by atomic mass is 16.7. The molecule has 1 amide bonds. The lowest BCUT2D eigenvalue weighted by Crippen LogP contribution is -2.41. The third-order valence-corrected chi connectivity index (χ3v) is 5.97. The van der Waals surface area contributed by atoms with Crippen LogP contribution < -0.4 is 5.46 Å². The molecular formula is C21H26BNO4. The Morgan fingerprint density at radius 2 is 1.67 bits per heavy atom. The van der Waals surface area contributed by atoms with Crippen molar-refractivity contribution in [3.63, 3.8) is 0 Å². The number of carbonyl (C=O) groups excluding carboxylic acids is 1. The van der Waals surface area contributed by atoms with Crippen LogP contribution in [-0.4, -0.2) is 55.4 Å². The number of rotatable bonds is 2. The molecule has 2 aromatic carbocycles. The lowest BCUT2D eigenvalue weighted by molar-refractivity contribution is 0.00578. The van der Waals surface area contributed by atoms with Gasteiger partial charge in [-0.15, -0.1) is 0 Å². The van der Waals surface area contributed by atoms with E-state index in [4.69, 9.17) is 14.0 Å². The number of fused-ring (bicyclic) bond motifs is 1. The number of ether oxygens (including phenoxy) is 1. The van der Waals surface area contributed by atoms with E-state index in [9.17, 15) is 4.79 Å². The van der Waals surface area contributed by atoms with Crippen molar-refractivity contribution < 1.29 is 18.8 Å². The molecular weight excluding hydrogens is 341 g/mol. The third-order valence-electron chi connectivity index (χ3n) is 5.97. The smallest absolute Gasteiger partial charge is 0.399 e. The number of hydrogen-bond donors (Lipinski definition) is 0. The Bertz CT molecular complexity index is 858. The van der Waals surface area contributed by atoms with Crippen LogP contribution in [0.4, 0.5) is 0 Å². The molecule has 0 spiro atoms. The molecule has 0 saturated carbocycles. The largest absolute Gasteiger partial charge is 0.495 e. The lowest BCUT2D eigenvalue weighted by atomic mass is 9.76. The standard InChI is InChI=1S/C21H26BNO4/c1-20(2)21(3,4)27-22(26-20)18-7-5-6-15-14-16(8-9-17(15)18)19(24)23-10-12-25-13-11-23/h5-9,14H,10-13H2,1-4H3. The van der Waals surface area contributed by atoms with E-state index >= 15 is 0 Å². The molecule has 6 heteroatoms. The summed E-state index contributed by atoms with van der Waals surface area (Å²) in [7, 11) is -0.417. The van der Waals surface area contributed by atoms with Gasteiger partial charge in [0.05, 0.1) is 24.4 Å². The van der Waals surface area contributed by atoms with E-state index in [-0.39, 0.29) is 17.1 Å². The van der Waals surface area contributed by atoms with Crippen molar-refractivity contribution in [3.05, 3.63) is 42.0 Å². The Balaban J connectivity index is 1.66. The van der Waals surface area contributed by atoms with Crippen LogP contribution in [0.15, 0.2) is 36.4 Å². The molecule has 0 aliphatic carbocycles. The van der Waals surface area contributed by atoms with E-state index in [1.54, 1.807) is 0 Å². The van der Waals surface area contributed by atoms with Gasteiger partial charge in [-0.2, -0.15) is 0 Å². The number of morpholine rings is 1. The van der Waals surface area contributed by atoms with Crippen LogP contribution in [0.25, 0.3) is 10.8 Å². The van der Waals surface area contributed by atoms with Gasteiger partial charge < -0.3 is 18.9 Å². The normalized spacial score (nSPS) is 21.6. The molecule has 27 heavy (non-hydrogen) atoms. The highest BCUT2D eigenvalue weighted by molar-refractivity contribution is 6.65. The first-order valence-corrected chi connectivity index (χ1v) is 9.54. The average molecular weight is 367 g/mol. The fourth-order valence-corrected chi connectivity index (χ4v) is 3.57. The van der Waals surface area contributed by atoms with Gasteiger partial charge in [0.2, 0.25) is 0 Å². The summed E-state index contributed by atoms with van der Waals surface area (Å²) in [5.74, 6) is 0.0567. The highest BCUT2D eigenvalue weighted by Gasteiger charge is 2.52. The number of amides is 1. The maximum absolute atomic E-state index is 12.8. The van der Waals surface area contributed by atoms with Crippen molar-refractivity contribution in [2.24, 2.45) is 0 Å². The van der Waals surface area contributed by atoms with Gasteiger partial charge in [-0.3, -0.25) is 4.79 Å². The van der Waals surface area contributed by atoms with Gasteiger partial charge in [-0.25, -0.2) is 0 Å². The Morgan fingerprint density at radius 1 is 1.00 bits per heavy atom. The summed E-state index contributed by atoms with van der Waals surface area (Å²) in [5.41, 5.74) is 0.935. The number of carbonyl (C=O) groups is 1. The van der Waals surface area contributed by atoms with Crippen molar-refractivity contribution >= 4 is 29.3 Å². The summed E-state index contributed by atoms with van der Waals surface area (Å²) in [6, 6.07) is 11.9. The number of nitrogens with zero attached hydrogens (tertiary/aromatic N) is 1. The van der Waals surface area contributed by atoms with Gasteiger partial charge in [0, 0.05) is 18.7 Å². The van der Waals surface area contributed by atoms with Gasteiger partial charge in [0.1, 0.15) is 0 Å². The molecule has 0 N–H and O–H groups in total. The van der Waals surface area contributed by atoms with Gasteiger partial charge >= 0.3 is 7.12 Å². The maximum atomic E-state index is 12.8. The van der Waals surface area contributed by atoms with Crippen molar-refractivity contribution in [3.8, 4) is 0 Å². The molecule has 2 saturated heterocycles. The summed E-state index contributed by atoms with van der Waals surface area (Å²) in [6.45, 7) is 10.7. The molecule has 2 fully saturated rings. The van der Waals surface area contributed by atoms with Gasteiger partial charge in [0.15, 0.2) is 0 Å². The number of hydrogen-bond acceptors (Lipinski definition) is 4. The molecule has 142 valence electrons. The molecule has 2 aliphatic rings. The zero-order valence-electron chi connectivity index (χ0n) is 16.5. The van der Waals surface area contributed by atoms with Crippen molar-refractivity contribution in [1.29, 1.82) is 0 Å². The second-order valence-corrected chi connectivity index (χ2v) is 8.28. The zero-order valence-corrected chi connectivity index (χ0v) is 16.5. The van der Waals surface area contributed by atoms with E-state index in [1.807, 2.05) is 41.3 Å². The van der Waals surface area contributed by atoms with Crippen LogP contribution in [0.5, 0.6) is 0 Å². The SMILES string of the molecule is CC1(C)OB(c2cccc3cc(C(=O)N4CCOCC4)ccc23)OC1(C)C. The van der Waals surface area contributed by atoms with Gasteiger partial charge in [-0.1, -0.05) is 24.3 Å². The van der Waals surface area contributed by atoms with Crippen LogP contribution in [0, 0.1) is 0 Å².